The third-order valence-electron chi connectivity index (χ3n) is 5.65. The zero-order chi connectivity index (χ0) is 21.6. The van der Waals surface area contributed by atoms with Crippen molar-refractivity contribution < 1.29 is 9.53 Å². The first kappa shape index (κ1) is 20.8. The third kappa shape index (κ3) is 5.20. The molecule has 0 saturated carbocycles. The van der Waals surface area contributed by atoms with Crippen molar-refractivity contribution >= 4 is 17.4 Å². The maximum Gasteiger partial charge on any atom is 0.223 e. The fourth-order valence-electron chi connectivity index (χ4n) is 4.00. The number of amides is 1. The van der Waals surface area contributed by atoms with Gasteiger partial charge in [-0.2, -0.15) is 0 Å². The van der Waals surface area contributed by atoms with Gasteiger partial charge in [-0.05, 0) is 68.1 Å². The Morgan fingerprint density at radius 1 is 1.16 bits per heavy atom. The van der Waals surface area contributed by atoms with E-state index in [0.29, 0.717) is 6.42 Å². The van der Waals surface area contributed by atoms with Crippen LogP contribution < -0.4 is 10.1 Å². The van der Waals surface area contributed by atoms with E-state index in [9.17, 15) is 4.79 Å². The van der Waals surface area contributed by atoms with Gasteiger partial charge in [0, 0.05) is 18.7 Å². The monoisotopic (exact) mass is 416 g/mol. The molecule has 6 heteroatoms. The van der Waals surface area contributed by atoms with Crippen LogP contribution in [0.25, 0.3) is 0 Å². The molecule has 1 aliphatic rings. The van der Waals surface area contributed by atoms with Crippen LogP contribution in [-0.2, 0) is 11.2 Å². The second kappa shape index (κ2) is 9.60. The Bertz CT molecular complexity index is 1020. The number of aromatic nitrogens is 2. The number of likely N-dealkylation sites (tertiary alicyclic amines) is 1. The van der Waals surface area contributed by atoms with Crippen LogP contribution >= 0.6 is 0 Å². The summed E-state index contributed by atoms with van der Waals surface area (Å²) in [6, 6.07) is 17.8. The number of pyridine rings is 2. The Morgan fingerprint density at radius 2 is 2.00 bits per heavy atom. The minimum atomic E-state index is 0.0505. The number of benzene rings is 1. The SMILES string of the molecule is COc1ccc(CCC(=O)N2CCC[C@@H]2c2ccc(Nc3cccc(C)n3)cn2)cc1. The average molecular weight is 417 g/mol. The van der Waals surface area contributed by atoms with Crippen LogP contribution in [0.5, 0.6) is 5.75 Å². The van der Waals surface area contributed by atoms with Crippen molar-refractivity contribution in [2.75, 3.05) is 19.0 Å². The molecule has 1 aliphatic heterocycles. The lowest BCUT2D eigenvalue weighted by atomic mass is 10.1. The average Bonchev–Trinajstić information content (AvgIpc) is 3.28. The number of anilines is 2. The van der Waals surface area contributed by atoms with Crippen LogP contribution in [0.15, 0.2) is 60.8 Å². The number of hydrogen-bond donors (Lipinski definition) is 1. The van der Waals surface area contributed by atoms with Gasteiger partial charge in [-0.15, -0.1) is 0 Å². The van der Waals surface area contributed by atoms with Crippen LogP contribution in [0.3, 0.4) is 0 Å². The molecular weight excluding hydrogens is 388 g/mol. The standard InChI is InChI=1S/C25H28N4O2/c1-18-5-3-7-24(27-18)28-20-11-14-22(26-17-20)23-6-4-16-29(23)25(30)15-10-19-8-12-21(31-2)13-9-19/h3,5,7-9,11-14,17,23H,4,6,10,15-16H2,1-2H3,(H,27,28)/t23-/m1/s1. The molecule has 0 radical (unpaired) electrons. The van der Waals surface area contributed by atoms with E-state index < -0.39 is 0 Å². The minimum absolute atomic E-state index is 0.0505. The summed E-state index contributed by atoms with van der Waals surface area (Å²) in [6.07, 6.45) is 5.01. The molecule has 2 aromatic heterocycles. The Labute approximate surface area is 183 Å². The topological polar surface area (TPSA) is 67.3 Å². The molecule has 31 heavy (non-hydrogen) atoms. The molecule has 6 nitrogen and oxygen atoms in total. The third-order valence-corrected chi connectivity index (χ3v) is 5.65. The lowest BCUT2D eigenvalue weighted by molar-refractivity contribution is -0.132. The van der Waals surface area contributed by atoms with Crippen molar-refractivity contribution in [2.24, 2.45) is 0 Å². The van der Waals surface area contributed by atoms with Crippen LogP contribution in [-0.4, -0.2) is 34.4 Å². The maximum atomic E-state index is 12.9. The minimum Gasteiger partial charge on any atom is -0.497 e. The molecule has 1 aromatic carbocycles. The normalized spacial score (nSPS) is 15.7. The zero-order valence-electron chi connectivity index (χ0n) is 18.0. The van der Waals surface area contributed by atoms with Gasteiger partial charge in [-0.1, -0.05) is 18.2 Å². The predicted octanol–water partition coefficient (Wildman–Crippen LogP) is 4.83. The van der Waals surface area contributed by atoms with Crippen molar-refractivity contribution in [2.45, 2.75) is 38.6 Å². The summed E-state index contributed by atoms with van der Waals surface area (Å²) in [5, 5.41) is 3.28. The highest BCUT2D eigenvalue weighted by molar-refractivity contribution is 5.77. The number of carbonyl (C=O) groups is 1. The Balaban J connectivity index is 1.37. The summed E-state index contributed by atoms with van der Waals surface area (Å²) in [7, 11) is 1.65. The molecule has 1 saturated heterocycles. The van der Waals surface area contributed by atoms with Crippen LogP contribution in [0.2, 0.25) is 0 Å². The second-order valence-corrected chi connectivity index (χ2v) is 7.85. The van der Waals surface area contributed by atoms with Gasteiger partial charge in [-0.3, -0.25) is 9.78 Å². The molecule has 0 unspecified atom stereocenters. The van der Waals surface area contributed by atoms with Crippen LogP contribution in [0.4, 0.5) is 11.5 Å². The molecular formula is C25H28N4O2. The van der Waals surface area contributed by atoms with Crippen molar-refractivity contribution in [1.82, 2.24) is 14.9 Å². The number of carbonyl (C=O) groups excluding carboxylic acids is 1. The zero-order valence-corrected chi connectivity index (χ0v) is 18.0. The molecule has 1 atom stereocenters. The van der Waals surface area contributed by atoms with E-state index >= 15 is 0 Å². The van der Waals surface area contributed by atoms with Gasteiger partial charge in [0.2, 0.25) is 5.91 Å². The van der Waals surface area contributed by atoms with Crippen LogP contribution in [0, 0.1) is 6.92 Å². The quantitative estimate of drug-likeness (QED) is 0.597. The fraction of sp³-hybridized carbons (Fsp3) is 0.320. The van der Waals surface area contributed by atoms with E-state index in [1.54, 1.807) is 7.11 Å². The van der Waals surface area contributed by atoms with Gasteiger partial charge >= 0.3 is 0 Å². The smallest absolute Gasteiger partial charge is 0.223 e. The molecule has 160 valence electrons. The van der Waals surface area contributed by atoms with E-state index in [4.69, 9.17) is 4.74 Å². The first-order chi connectivity index (χ1) is 15.1. The molecule has 0 spiro atoms. The molecule has 3 aromatic rings. The van der Waals surface area contributed by atoms with Gasteiger partial charge in [0.1, 0.15) is 11.6 Å². The van der Waals surface area contributed by atoms with E-state index in [1.165, 1.54) is 0 Å². The molecule has 1 N–H and O–H groups in total. The summed E-state index contributed by atoms with van der Waals surface area (Å²) in [5.41, 5.74) is 3.93. The number of ether oxygens (including phenoxy) is 1. The summed E-state index contributed by atoms with van der Waals surface area (Å²) in [5.74, 6) is 1.81. The maximum absolute atomic E-state index is 12.9. The number of aryl methyl sites for hydroxylation is 2. The Hall–Kier alpha value is -3.41. The highest BCUT2D eigenvalue weighted by Gasteiger charge is 2.30. The lowest BCUT2D eigenvalue weighted by Gasteiger charge is -2.24. The van der Waals surface area contributed by atoms with E-state index in [2.05, 4.69) is 15.3 Å². The van der Waals surface area contributed by atoms with Gasteiger partial charge in [0.15, 0.2) is 0 Å². The number of nitrogens with one attached hydrogen (secondary N) is 1. The van der Waals surface area contributed by atoms with Gasteiger partial charge in [0.25, 0.3) is 0 Å². The molecule has 1 fully saturated rings. The van der Waals surface area contributed by atoms with E-state index in [-0.39, 0.29) is 11.9 Å². The van der Waals surface area contributed by atoms with Crippen molar-refractivity contribution in [3.05, 3.63) is 77.7 Å². The molecule has 4 rings (SSSR count). The second-order valence-electron chi connectivity index (χ2n) is 7.85. The number of hydrogen-bond acceptors (Lipinski definition) is 5. The summed E-state index contributed by atoms with van der Waals surface area (Å²) in [6.45, 7) is 2.76. The fourth-order valence-corrected chi connectivity index (χ4v) is 4.00. The molecule has 3 heterocycles. The Kier molecular flexibility index (Phi) is 6.46. The largest absolute Gasteiger partial charge is 0.497 e. The first-order valence-electron chi connectivity index (χ1n) is 10.7. The predicted molar refractivity (Wildman–Crippen MR) is 121 cm³/mol. The Morgan fingerprint density at radius 3 is 2.71 bits per heavy atom. The molecule has 1 amide bonds. The van der Waals surface area contributed by atoms with Crippen molar-refractivity contribution in [3.63, 3.8) is 0 Å². The highest BCUT2D eigenvalue weighted by atomic mass is 16.5. The molecule has 0 aliphatic carbocycles. The lowest BCUT2D eigenvalue weighted by Crippen LogP contribution is -2.31. The summed E-state index contributed by atoms with van der Waals surface area (Å²) >= 11 is 0. The summed E-state index contributed by atoms with van der Waals surface area (Å²) in [4.78, 5) is 24.0. The number of methoxy groups -OCH3 is 1. The molecule has 0 bridgehead atoms. The van der Waals surface area contributed by atoms with Gasteiger partial charge < -0.3 is 15.0 Å². The highest BCUT2D eigenvalue weighted by Crippen LogP contribution is 2.32. The van der Waals surface area contributed by atoms with E-state index in [0.717, 1.165) is 60.0 Å². The van der Waals surface area contributed by atoms with Crippen molar-refractivity contribution in [3.8, 4) is 5.75 Å². The van der Waals surface area contributed by atoms with Gasteiger partial charge in [-0.25, -0.2) is 4.98 Å². The number of rotatable bonds is 7. The van der Waals surface area contributed by atoms with Gasteiger partial charge in [0.05, 0.1) is 30.7 Å². The van der Waals surface area contributed by atoms with Crippen molar-refractivity contribution in [1.29, 1.82) is 0 Å². The van der Waals surface area contributed by atoms with Crippen LogP contribution in [0.1, 0.15) is 42.3 Å². The van der Waals surface area contributed by atoms with E-state index in [1.807, 2.05) is 72.6 Å². The number of nitrogens with zero attached hydrogens (tertiary/aromatic N) is 3. The first-order valence-corrected chi connectivity index (χ1v) is 10.7. The summed E-state index contributed by atoms with van der Waals surface area (Å²) < 4.78 is 5.20.